The highest BCUT2D eigenvalue weighted by atomic mass is 32.2. The fourth-order valence-corrected chi connectivity index (χ4v) is 4.54. The van der Waals surface area contributed by atoms with Crippen LogP contribution in [0.15, 0.2) is 23.1 Å². The quantitative estimate of drug-likeness (QED) is 0.783. The van der Waals surface area contributed by atoms with Gasteiger partial charge in [-0.15, -0.1) is 0 Å². The standard InChI is InChI=1S/C18H26N2O5S/c1-12(2)16(18(22)23)19-17(21)15-11-14(8-7-13(15)3)26(24,25)20-9-5-4-6-10-20/h7-8,11-12,16H,4-6,9-10H2,1-3H3,(H,19,21)(H,22,23). The number of carboxylic acid groups (broad SMARTS) is 1. The van der Waals surface area contributed by atoms with Crippen LogP contribution in [0.4, 0.5) is 0 Å². The lowest BCUT2D eigenvalue weighted by Gasteiger charge is -2.26. The third-order valence-electron chi connectivity index (χ3n) is 4.63. The molecule has 1 fully saturated rings. The van der Waals surface area contributed by atoms with Crippen LogP contribution in [0.25, 0.3) is 0 Å². The summed E-state index contributed by atoms with van der Waals surface area (Å²) in [5, 5.41) is 11.7. The van der Waals surface area contributed by atoms with E-state index in [1.807, 2.05) is 0 Å². The molecule has 2 rings (SSSR count). The van der Waals surface area contributed by atoms with E-state index in [0.29, 0.717) is 18.7 Å². The Bertz CT molecular complexity index is 783. The van der Waals surface area contributed by atoms with Crippen molar-refractivity contribution in [3.05, 3.63) is 29.3 Å². The average molecular weight is 382 g/mol. The highest BCUT2D eigenvalue weighted by Crippen LogP contribution is 2.23. The molecule has 1 aliphatic rings. The number of hydrogen-bond donors (Lipinski definition) is 2. The molecule has 0 saturated carbocycles. The number of nitrogens with zero attached hydrogens (tertiary/aromatic N) is 1. The summed E-state index contributed by atoms with van der Waals surface area (Å²) in [5.74, 6) is -2.00. The maximum atomic E-state index is 12.8. The summed E-state index contributed by atoms with van der Waals surface area (Å²) in [5.41, 5.74) is 0.767. The van der Waals surface area contributed by atoms with Gasteiger partial charge in [0.2, 0.25) is 10.0 Å². The lowest BCUT2D eigenvalue weighted by molar-refractivity contribution is -0.140. The lowest BCUT2D eigenvalue weighted by atomic mass is 10.0. The Balaban J connectivity index is 2.31. The molecule has 0 spiro atoms. The predicted molar refractivity (Wildman–Crippen MR) is 97.5 cm³/mol. The molecule has 1 amide bonds. The van der Waals surface area contributed by atoms with Crippen LogP contribution in [0.1, 0.15) is 49.0 Å². The summed E-state index contributed by atoms with van der Waals surface area (Å²) in [7, 11) is -3.66. The topological polar surface area (TPSA) is 104 Å². The van der Waals surface area contributed by atoms with Gasteiger partial charge in [-0.3, -0.25) is 4.79 Å². The third kappa shape index (κ3) is 4.42. The number of aryl methyl sites for hydroxylation is 1. The molecule has 1 aromatic carbocycles. The maximum Gasteiger partial charge on any atom is 0.326 e. The third-order valence-corrected chi connectivity index (χ3v) is 6.52. The van der Waals surface area contributed by atoms with E-state index in [0.717, 1.165) is 19.3 Å². The van der Waals surface area contributed by atoms with Gasteiger partial charge < -0.3 is 10.4 Å². The number of hydrogen-bond acceptors (Lipinski definition) is 4. The van der Waals surface area contributed by atoms with Crippen LogP contribution in [0.5, 0.6) is 0 Å². The van der Waals surface area contributed by atoms with Crippen LogP contribution in [-0.4, -0.2) is 48.8 Å². The van der Waals surface area contributed by atoms with E-state index in [1.165, 1.54) is 16.4 Å². The zero-order chi connectivity index (χ0) is 19.5. The highest BCUT2D eigenvalue weighted by molar-refractivity contribution is 7.89. The normalized spacial score (nSPS) is 17.1. The first-order valence-corrected chi connectivity index (χ1v) is 10.2. The first-order chi connectivity index (χ1) is 12.1. The lowest BCUT2D eigenvalue weighted by Crippen LogP contribution is -2.44. The van der Waals surface area contributed by atoms with Gasteiger partial charge in [-0.2, -0.15) is 4.31 Å². The Morgan fingerprint density at radius 1 is 1.15 bits per heavy atom. The number of amides is 1. The predicted octanol–water partition coefficient (Wildman–Crippen LogP) is 2.01. The van der Waals surface area contributed by atoms with Gasteiger partial charge in [0.25, 0.3) is 5.91 Å². The number of rotatable bonds is 6. The SMILES string of the molecule is Cc1ccc(S(=O)(=O)N2CCCCC2)cc1C(=O)NC(C(=O)O)C(C)C. The molecule has 8 heteroatoms. The second-order valence-corrected chi connectivity index (χ2v) is 8.91. The molecule has 144 valence electrons. The van der Waals surface area contributed by atoms with Gasteiger partial charge in [-0.05, 0) is 43.4 Å². The van der Waals surface area contributed by atoms with E-state index in [9.17, 15) is 23.1 Å². The molecular weight excluding hydrogens is 356 g/mol. The number of carbonyl (C=O) groups is 2. The number of nitrogens with one attached hydrogen (secondary N) is 1. The van der Waals surface area contributed by atoms with E-state index < -0.39 is 27.9 Å². The molecule has 1 aromatic rings. The summed E-state index contributed by atoms with van der Waals surface area (Å²) >= 11 is 0. The minimum absolute atomic E-state index is 0.0616. The number of aliphatic carboxylic acids is 1. The van der Waals surface area contributed by atoms with Gasteiger partial charge in [0.05, 0.1) is 4.90 Å². The van der Waals surface area contributed by atoms with Crippen molar-refractivity contribution < 1.29 is 23.1 Å². The molecule has 0 aliphatic carbocycles. The van der Waals surface area contributed by atoms with Gasteiger partial charge in [0.15, 0.2) is 0 Å². The Morgan fingerprint density at radius 2 is 1.77 bits per heavy atom. The molecule has 1 heterocycles. The van der Waals surface area contributed by atoms with Crippen LogP contribution in [0, 0.1) is 12.8 Å². The smallest absolute Gasteiger partial charge is 0.326 e. The molecule has 0 bridgehead atoms. The Morgan fingerprint density at radius 3 is 2.31 bits per heavy atom. The molecule has 1 saturated heterocycles. The summed E-state index contributed by atoms with van der Waals surface area (Å²) in [6.45, 7) is 6.04. The largest absolute Gasteiger partial charge is 0.480 e. The van der Waals surface area contributed by atoms with Gasteiger partial charge in [-0.1, -0.05) is 26.3 Å². The fourth-order valence-electron chi connectivity index (χ4n) is 2.99. The van der Waals surface area contributed by atoms with Crippen LogP contribution < -0.4 is 5.32 Å². The molecule has 7 nitrogen and oxygen atoms in total. The minimum Gasteiger partial charge on any atom is -0.480 e. The van der Waals surface area contributed by atoms with E-state index >= 15 is 0 Å². The molecule has 1 unspecified atom stereocenters. The zero-order valence-electron chi connectivity index (χ0n) is 15.4. The number of benzene rings is 1. The summed E-state index contributed by atoms with van der Waals surface area (Å²) < 4.78 is 27.1. The summed E-state index contributed by atoms with van der Waals surface area (Å²) in [4.78, 5) is 23.9. The van der Waals surface area contributed by atoms with Crippen molar-refractivity contribution in [2.24, 2.45) is 5.92 Å². The van der Waals surface area contributed by atoms with Gasteiger partial charge in [0.1, 0.15) is 6.04 Å². The molecule has 0 radical (unpaired) electrons. The van der Waals surface area contributed by atoms with Crippen molar-refractivity contribution in [1.29, 1.82) is 0 Å². The Labute approximate surface area is 154 Å². The Kier molecular flexibility index (Phi) is 6.41. The molecule has 2 N–H and O–H groups in total. The monoisotopic (exact) mass is 382 g/mol. The zero-order valence-corrected chi connectivity index (χ0v) is 16.2. The average Bonchev–Trinajstić information content (AvgIpc) is 2.59. The van der Waals surface area contributed by atoms with Crippen molar-refractivity contribution in [1.82, 2.24) is 9.62 Å². The van der Waals surface area contributed by atoms with Crippen molar-refractivity contribution in [3.63, 3.8) is 0 Å². The number of sulfonamides is 1. The molecule has 1 atom stereocenters. The van der Waals surface area contributed by atoms with Crippen molar-refractivity contribution in [2.75, 3.05) is 13.1 Å². The first-order valence-electron chi connectivity index (χ1n) is 8.79. The van der Waals surface area contributed by atoms with E-state index in [4.69, 9.17) is 0 Å². The van der Waals surface area contributed by atoms with Crippen LogP contribution >= 0.6 is 0 Å². The van der Waals surface area contributed by atoms with Gasteiger partial charge >= 0.3 is 5.97 Å². The number of carbonyl (C=O) groups excluding carboxylic acids is 1. The van der Waals surface area contributed by atoms with Crippen LogP contribution in [0.3, 0.4) is 0 Å². The number of piperidine rings is 1. The van der Waals surface area contributed by atoms with Crippen LogP contribution in [0.2, 0.25) is 0 Å². The van der Waals surface area contributed by atoms with Gasteiger partial charge in [0, 0.05) is 18.7 Å². The number of carboxylic acids is 1. The van der Waals surface area contributed by atoms with E-state index in [1.54, 1.807) is 26.8 Å². The van der Waals surface area contributed by atoms with Crippen molar-refractivity contribution in [3.8, 4) is 0 Å². The van der Waals surface area contributed by atoms with E-state index in [-0.39, 0.29) is 16.4 Å². The Hall–Kier alpha value is -1.93. The maximum absolute atomic E-state index is 12.8. The second kappa shape index (κ2) is 8.18. The first kappa shape index (κ1) is 20.4. The molecule has 0 aromatic heterocycles. The van der Waals surface area contributed by atoms with Crippen molar-refractivity contribution >= 4 is 21.9 Å². The molecular formula is C18H26N2O5S. The molecule has 1 aliphatic heterocycles. The minimum atomic E-state index is -3.66. The summed E-state index contributed by atoms with van der Waals surface area (Å²) in [6, 6.07) is 3.38. The fraction of sp³-hybridized carbons (Fsp3) is 0.556. The van der Waals surface area contributed by atoms with Crippen LogP contribution in [-0.2, 0) is 14.8 Å². The summed E-state index contributed by atoms with van der Waals surface area (Å²) in [6.07, 6.45) is 2.67. The highest BCUT2D eigenvalue weighted by Gasteiger charge is 2.28. The van der Waals surface area contributed by atoms with E-state index in [2.05, 4.69) is 5.32 Å². The van der Waals surface area contributed by atoms with Crippen molar-refractivity contribution in [2.45, 2.75) is 51.0 Å². The second-order valence-electron chi connectivity index (χ2n) is 6.97. The van der Waals surface area contributed by atoms with Gasteiger partial charge in [-0.25, -0.2) is 13.2 Å². The molecule has 26 heavy (non-hydrogen) atoms.